The standard InChI is InChI=1S/C14H15N3OS.2ClH/c18-13(17-11-6-7-15-8-11)12-9-16-14(19-12)10-4-2-1-3-5-10;;/h1-5,9,11,15H,6-8H2,(H,17,18);2*1H. The fourth-order valence-electron chi connectivity index (χ4n) is 2.13. The van der Waals surface area contributed by atoms with Gasteiger partial charge in [-0.25, -0.2) is 4.98 Å². The van der Waals surface area contributed by atoms with Gasteiger partial charge >= 0.3 is 0 Å². The van der Waals surface area contributed by atoms with Gasteiger partial charge in [0.1, 0.15) is 9.88 Å². The van der Waals surface area contributed by atoms with Crippen molar-refractivity contribution in [1.29, 1.82) is 0 Å². The van der Waals surface area contributed by atoms with Gasteiger partial charge in [0.15, 0.2) is 0 Å². The first kappa shape index (κ1) is 17.9. The summed E-state index contributed by atoms with van der Waals surface area (Å²) in [6.07, 6.45) is 2.65. The fraction of sp³-hybridized carbons (Fsp3) is 0.286. The lowest BCUT2D eigenvalue weighted by molar-refractivity contribution is 0.0944. The molecular formula is C14H17Cl2N3OS. The molecule has 0 saturated carbocycles. The summed E-state index contributed by atoms with van der Waals surface area (Å²) in [5.41, 5.74) is 1.05. The maximum Gasteiger partial charge on any atom is 0.263 e. The monoisotopic (exact) mass is 345 g/mol. The maximum atomic E-state index is 12.1. The SMILES string of the molecule is Cl.Cl.O=C(NC1CCNC1)c1cnc(-c2ccccc2)s1. The lowest BCUT2D eigenvalue weighted by Gasteiger charge is -2.09. The Bertz CT molecular complexity index is 571. The Balaban J connectivity index is 0.00000110. The van der Waals surface area contributed by atoms with Crippen LogP contribution in [0, 0.1) is 0 Å². The Morgan fingerprint density at radius 1 is 1.29 bits per heavy atom. The highest BCUT2D eigenvalue weighted by Crippen LogP contribution is 2.24. The molecule has 114 valence electrons. The highest BCUT2D eigenvalue weighted by Gasteiger charge is 2.19. The number of hydrogen-bond donors (Lipinski definition) is 2. The average Bonchev–Trinajstić information content (AvgIpc) is 3.10. The van der Waals surface area contributed by atoms with Gasteiger partial charge in [-0.1, -0.05) is 30.3 Å². The van der Waals surface area contributed by atoms with Gasteiger partial charge in [0.05, 0.1) is 6.20 Å². The molecule has 1 unspecified atom stereocenters. The van der Waals surface area contributed by atoms with Gasteiger partial charge in [-0.15, -0.1) is 36.2 Å². The van der Waals surface area contributed by atoms with Crippen LogP contribution < -0.4 is 10.6 Å². The van der Waals surface area contributed by atoms with E-state index in [0.29, 0.717) is 4.88 Å². The number of benzene rings is 1. The predicted octanol–water partition coefficient (Wildman–Crippen LogP) is 2.75. The number of nitrogens with one attached hydrogen (secondary N) is 2. The van der Waals surface area contributed by atoms with Crippen LogP contribution in [0.3, 0.4) is 0 Å². The molecule has 1 aliphatic rings. The Morgan fingerprint density at radius 3 is 2.71 bits per heavy atom. The molecule has 2 aromatic rings. The molecule has 0 spiro atoms. The molecular weight excluding hydrogens is 329 g/mol. The molecule has 21 heavy (non-hydrogen) atoms. The number of thiazole rings is 1. The second-order valence-corrected chi connectivity index (χ2v) is 5.59. The van der Waals surface area contributed by atoms with E-state index in [1.165, 1.54) is 11.3 Å². The normalized spacial score (nSPS) is 16.7. The molecule has 1 aromatic carbocycles. The van der Waals surface area contributed by atoms with Crippen molar-refractivity contribution >= 4 is 42.1 Å². The summed E-state index contributed by atoms with van der Waals surface area (Å²) in [7, 11) is 0. The number of carbonyl (C=O) groups is 1. The number of halogens is 2. The van der Waals surface area contributed by atoms with Crippen LogP contribution in [0.1, 0.15) is 16.1 Å². The number of nitrogens with zero attached hydrogens (tertiary/aromatic N) is 1. The van der Waals surface area contributed by atoms with Gasteiger partial charge < -0.3 is 10.6 Å². The first-order valence-corrected chi connectivity index (χ1v) is 7.17. The van der Waals surface area contributed by atoms with E-state index in [2.05, 4.69) is 15.6 Å². The summed E-state index contributed by atoms with van der Waals surface area (Å²) in [6, 6.07) is 10.2. The van der Waals surface area contributed by atoms with Gasteiger partial charge in [-0.2, -0.15) is 0 Å². The minimum atomic E-state index is -0.0200. The Hall–Kier alpha value is -1.14. The molecule has 1 saturated heterocycles. The van der Waals surface area contributed by atoms with Crippen LogP contribution in [0.15, 0.2) is 36.5 Å². The van der Waals surface area contributed by atoms with Crippen LogP contribution >= 0.6 is 36.2 Å². The zero-order valence-electron chi connectivity index (χ0n) is 11.2. The molecule has 0 bridgehead atoms. The number of aromatic nitrogens is 1. The molecule has 3 rings (SSSR count). The van der Waals surface area contributed by atoms with Crippen molar-refractivity contribution in [2.24, 2.45) is 0 Å². The van der Waals surface area contributed by atoms with E-state index in [-0.39, 0.29) is 36.8 Å². The Kier molecular flexibility index (Phi) is 7.11. The third-order valence-corrected chi connectivity index (χ3v) is 4.19. The summed E-state index contributed by atoms with van der Waals surface area (Å²) in [5.74, 6) is -0.0200. The van der Waals surface area contributed by atoms with Crippen molar-refractivity contribution in [3.05, 3.63) is 41.4 Å². The summed E-state index contributed by atoms with van der Waals surface area (Å²) in [5, 5.41) is 7.15. The fourth-order valence-corrected chi connectivity index (χ4v) is 2.95. The van der Waals surface area contributed by atoms with Crippen molar-refractivity contribution < 1.29 is 4.79 Å². The summed E-state index contributed by atoms with van der Waals surface area (Å²) < 4.78 is 0. The number of carbonyl (C=O) groups excluding carboxylic acids is 1. The highest BCUT2D eigenvalue weighted by atomic mass is 35.5. The molecule has 1 atom stereocenters. The lowest BCUT2D eigenvalue weighted by atomic mass is 10.2. The maximum absolute atomic E-state index is 12.1. The third kappa shape index (κ3) is 4.41. The Labute approximate surface area is 140 Å². The molecule has 2 N–H and O–H groups in total. The highest BCUT2D eigenvalue weighted by molar-refractivity contribution is 7.16. The van der Waals surface area contributed by atoms with E-state index in [0.717, 1.165) is 30.1 Å². The topological polar surface area (TPSA) is 54.0 Å². The lowest BCUT2D eigenvalue weighted by Crippen LogP contribution is -2.35. The predicted molar refractivity (Wildman–Crippen MR) is 90.8 cm³/mol. The van der Waals surface area contributed by atoms with Crippen molar-refractivity contribution in [3.8, 4) is 10.6 Å². The molecule has 1 fully saturated rings. The zero-order valence-corrected chi connectivity index (χ0v) is 13.7. The largest absolute Gasteiger partial charge is 0.347 e. The van der Waals surface area contributed by atoms with Crippen LogP contribution in [-0.2, 0) is 0 Å². The van der Waals surface area contributed by atoms with E-state index >= 15 is 0 Å². The number of hydrogen-bond acceptors (Lipinski definition) is 4. The van der Waals surface area contributed by atoms with Crippen molar-refractivity contribution in [2.45, 2.75) is 12.5 Å². The minimum absolute atomic E-state index is 0. The average molecular weight is 346 g/mol. The molecule has 4 nitrogen and oxygen atoms in total. The molecule has 2 heterocycles. The molecule has 0 aliphatic carbocycles. The molecule has 1 aromatic heterocycles. The van der Waals surface area contributed by atoms with Crippen molar-refractivity contribution in [2.75, 3.05) is 13.1 Å². The molecule has 1 amide bonds. The van der Waals surface area contributed by atoms with Gasteiger partial charge in [-0.05, 0) is 13.0 Å². The Morgan fingerprint density at radius 2 is 2.05 bits per heavy atom. The molecule has 0 radical (unpaired) electrons. The van der Waals surface area contributed by atoms with Crippen LogP contribution in [0.2, 0.25) is 0 Å². The number of amides is 1. The molecule has 1 aliphatic heterocycles. The van der Waals surface area contributed by atoms with E-state index in [4.69, 9.17) is 0 Å². The van der Waals surface area contributed by atoms with Crippen LogP contribution in [-0.4, -0.2) is 30.0 Å². The summed E-state index contributed by atoms with van der Waals surface area (Å²) in [6.45, 7) is 1.83. The van der Waals surface area contributed by atoms with Crippen molar-refractivity contribution in [3.63, 3.8) is 0 Å². The van der Waals surface area contributed by atoms with Crippen LogP contribution in [0.5, 0.6) is 0 Å². The second-order valence-electron chi connectivity index (χ2n) is 4.56. The number of rotatable bonds is 3. The van der Waals surface area contributed by atoms with E-state index in [9.17, 15) is 4.79 Å². The molecule has 7 heteroatoms. The van der Waals surface area contributed by atoms with Gasteiger partial charge in [0.2, 0.25) is 0 Å². The summed E-state index contributed by atoms with van der Waals surface area (Å²) in [4.78, 5) is 17.1. The first-order chi connectivity index (χ1) is 9.33. The van der Waals surface area contributed by atoms with Gasteiger partial charge in [0, 0.05) is 18.2 Å². The van der Waals surface area contributed by atoms with Crippen molar-refractivity contribution in [1.82, 2.24) is 15.6 Å². The van der Waals surface area contributed by atoms with Gasteiger partial charge in [0.25, 0.3) is 5.91 Å². The first-order valence-electron chi connectivity index (χ1n) is 6.36. The van der Waals surface area contributed by atoms with Crippen LogP contribution in [0.25, 0.3) is 10.6 Å². The second kappa shape index (κ2) is 8.34. The summed E-state index contributed by atoms with van der Waals surface area (Å²) >= 11 is 1.43. The van der Waals surface area contributed by atoms with E-state index in [1.807, 2.05) is 30.3 Å². The third-order valence-electron chi connectivity index (χ3n) is 3.15. The van der Waals surface area contributed by atoms with E-state index < -0.39 is 0 Å². The van der Waals surface area contributed by atoms with Gasteiger partial charge in [-0.3, -0.25) is 4.79 Å². The zero-order chi connectivity index (χ0) is 13.1. The van der Waals surface area contributed by atoms with Crippen LogP contribution in [0.4, 0.5) is 0 Å². The minimum Gasteiger partial charge on any atom is -0.347 e. The quantitative estimate of drug-likeness (QED) is 0.899. The van der Waals surface area contributed by atoms with E-state index in [1.54, 1.807) is 6.20 Å². The smallest absolute Gasteiger partial charge is 0.263 e.